The molecule has 0 radical (unpaired) electrons. The zero-order valence-corrected chi connectivity index (χ0v) is 11.4. The molecular weight excluding hydrogens is 214 g/mol. The maximum Gasteiger partial charge on any atom is -0.00200 e. The summed E-state index contributed by atoms with van der Waals surface area (Å²) in [5.74, 6) is 2.03. The first-order chi connectivity index (χ1) is 7.76. The second-order valence-electron chi connectivity index (χ2n) is 4.40. The summed E-state index contributed by atoms with van der Waals surface area (Å²) >= 11 is 1.94. The molecule has 0 aliphatic carbocycles. The van der Waals surface area contributed by atoms with E-state index in [0.29, 0.717) is 0 Å². The summed E-state index contributed by atoms with van der Waals surface area (Å²) in [6, 6.07) is 8.88. The molecule has 1 rings (SSSR count). The van der Waals surface area contributed by atoms with Crippen LogP contribution in [0.4, 0.5) is 0 Å². The summed E-state index contributed by atoms with van der Waals surface area (Å²) in [7, 11) is 2.04. The van der Waals surface area contributed by atoms with Crippen LogP contribution in [0.3, 0.4) is 0 Å². The van der Waals surface area contributed by atoms with E-state index >= 15 is 0 Å². The molecule has 16 heavy (non-hydrogen) atoms. The topological polar surface area (TPSA) is 12.0 Å². The minimum atomic E-state index is 0.763. The predicted octanol–water partition coefficient (Wildman–Crippen LogP) is 3.13. The Bertz CT molecular complexity index is 299. The first-order valence-corrected chi connectivity index (χ1v) is 7.34. The van der Waals surface area contributed by atoms with Gasteiger partial charge in [-0.15, -0.1) is 0 Å². The second kappa shape index (κ2) is 7.75. The summed E-state index contributed by atoms with van der Waals surface area (Å²) in [5.41, 5.74) is 2.84. The molecule has 0 fully saturated rings. The first kappa shape index (κ1) is 13.6. The van der Waals surface area contributed by atoms with Crippen molar-refractivity contribution in [1.82, 2.24) is 5.32 Å². The average Bonchev–Trinajstić information content (AvgIpc) is 2.26. The van der Waals surface area contributed by atoms with Crippen molar-refractivity contribution in [3.8, 4) is 0 Å². The highest BCUT2D eigenvalue weighted by molar-refractivity contribution is 7.98. The molecule has 0 spiro atoms. The van der Waals surface area contributed by atoms with Gasteiger partial charge in [-0.1, -0.05) is 29.8 Å². The zero-order chi connectivity index (χ0) is 11.8. The summed E-state index contributed by atoms with van der Waals surface area (Å²) < 4.78 is 0. The fourth-order valence-electron chi connectivity index (χ4n) is 2.02. The van der Waals surface area contributed by atoms with Gasteiger partial charge in [0.25, 0.3) is 0 Å². The van der Waals surface area contributed by atoms with Gasteiger partial charge in [-0.25, -0.2) is 0 Å². The van der Waals surface area contributed by atoms with Crippen molar-refractivity contribution >= 4 is 11.8 Å². The van der Waals surface area contributed by atoms with Gasteiger partial charge in [-0.3, -0.25) is 0 Å². The second-order valence-corrected chi connectivity index (χ2v) is 5.38. The third-order valence-corrected chi connectivity index (χ3v) is 3.47. The van der Waals surface area contributed by atoms with Gasteiger partial charge in [0.1, 0.15) is 0 Å². The highest BCUT2D eigenvalue weighted by Crippen LogP contribution is 2.15. The lowest BCUT2D eigenvalue weighted by atomic mass is 9.96. The molecule has 0 bridgehead atoms. The summed E-state index contributed by atoms with van der Waals surface area (Å²) in [4.78, 5) is 0. The van der Waals surface area contributed by atoms with Crippen LogP contribution in [0.1, 0.15) is 17.5 Å². The monoisotopic (exact) mass is 237 g/mol. The molecule has 0 saturated carbocycles. The minimum absolute atomic E-state index is 0.763. The lowest BCUT2D eigenvalue weighted by Gasteiger charge is -2.16. The Morgan fingerprint density at radius 2 is 2.19 bits per heavy atom. The number of aryl methyl sites for hydroxylation is 1. The van der Waals surface area contributed by atoms with Gasteiger partial charge in [0, 0.05) is 0 Å². The van der Waals surface area contributed by atoms with E-state index in [2.05, 4.69) is 42.8 Å². The molecule has 0 saturated heterocycles. The van der Waals surface area contributed by atoms with E-state index < -0.39 is 0 Å². The SMILES string of the molecule is CNCC(CCSC)Cc1cccc(C)c1. The van der Waals surface area contributed by atoms with Crippen LogP contribution in [0, 0.1) is 12.8 Å². The van der Waals surface area contributed by atoms with Gasteiger partial charge in [-0.2, -0.15) is 11.8 Å². The van der Waals surface area contributed by atoms with Crippen LogP contribution in [-0.4, -0.2) is 25.6 Å². The molecule has 1 unspecified atom stereocenters. The van der Waals surface area contributed by atoms with Gasteiger partial charge >= 0.3 is 0 Å². The molecule has 1 aromatic rings. The maximum atomic E-state index is 3.30. The van der Waals surface area contributed by atoms with Gasteiger partial charge in [0.15, 0.2) is 0 Å². The van der Waals surface area contributed by atoms with E-state index in [1.165, 1.54) is 29.7 Å². The number of rotatable bonds is 7. The Labute approximate surface area is 104 Å². The molecule has 0 aromatic heterocycles. The van der Waals surface area contributed by atoms with E-state index in [9.17, 15) is 0 Å². The summed E-state index contributed by atoms with van der Waals surface area (Å²) in [5, 5.41) is 3.30. The quantitative estimate of drug-likeness (QED) is 0.782. The molecule has 1 N–H and O–H groups in total. The molecule has 2 heteroatoms. The summed E-state index contributed by atoms with van der Waals surface area (Å²) in [6.45, 7) is 3.28. The lowest BCUT2D eigenvalue weighted by Crippen LogP contribution is -2.21. The number of hydrogen-bond donors (Lipinski definition) is 1. The van der Waals surface area contributed by atoms with Crippen LogP contribution in [-0.2, 0) is 6.42 Å². The van der Waals surface area contributed by atoms with E-state index in [0.717, 1.165) is 12.5 Å². The smallest absolute Gasteiger partial charge is 0.00200 e. The maximum absolute atomic E-state index is 3.30. The summed E-state index contributed by atoms with van der Waals surface area (Å²) in [6.07, 6.45) is 4.68. The van der Waals surface area contributed by atoms with Crippen molar-refractivity contribution < 1.29 is 0 Å². The van der Waals surface area contributed by atoms with Crippen LogP contribution in [0.15, 0.2) is 24.3 Å². The standard InChI is InChI=1S/C14H23NS/c1-12-5-4-6-13(9-12)10-14(11-15-2)7-8-16-3/h4-6,9,14-15H,7-8,10-11H2,1-3H3. The third-order valence-electron chi connectivity index (χ3n) is 2.83. The van der Waals surface area contributed by atoms with Crippen LogP contribution in [0.5, 0.6) is 0 Å². The van der Waals surface area contributed by atoms with Gasteiger partial charge in [0.2, 0.25) is 0 Å². The average molecular weight is 237 g/mol. The Balaban J connectivity index is 2.52. The van der Waals surface area contributed by atoms with Gasteiger partial charge in [0.05, 0.1) is 0 Å². The number of hydrogen-bond acceptors (Lipinski definition) is 2. The van der Waals surface area contributed by atoms with E-state index in [1.54, 1.807) is 0 Å². The number of benzene rings is 1. The molecule has 1 nitrogen and oxygen atoms in total. The van der Waals surface area contributed by atoms with E-state index in [-0.39, 0.29) is 0 Å². The van der Waals surface area contributed by atoms with Crippen molar-refractivity contribution in [3.63, 3.8) is 0 Å². The van der Waals surface area contributed by atoms with Crippen molar-refractivity contribution in [1.29, 1.82) is 0 Å². The van der Waals surface area contributed by atoms with E-state index in [4.69, 9.17) is 0 Å². The van der Waals surface area contributed by atoms with E-state index in [1.807, 2.05) is 18.8 Å². The molecule has 1 aromatic carbocycles. The number of thioether (sulfide) groups is 1. The molecule has 90 valence electrons. The third kappa shape index (κ3) is 5.04. The largest absolute Gasteiger partial charge is 0.319 e. The highest BCUT2D eigenvalue weighted by Gasteiger charge is 2.08. The minimum Gasteiger partial charge on any atom is -0.319 e. The Morgan fingerprint density at radius 1 is 1.38 bits per heavy atom. The fourth-order valence-corrected chi connectivity index (χ4v) is 2.59. The molecular formula is C14H23NS. The molecule has 0 aliphatic rings. The number of nitrogens with one attached hydrogen (secondary N) is 1. The van der Waals surface area contributed by atoms with Crippen LogP contribution >= 0.6 is 11.8 Å². The predicted molar refractivity (Wildman–Crippen MR) is 75.3 cm³/mol. The fraction of sp³-hybridized carbons (Fsp3) is 0.571. The molecule has 1 atom stereocenters. The van der Waals surface area contributed by atoms with Crippen LogP contribution < -0.4 is 5.32 Å². The van der Waals surface area contributed by atoms with Crippen molar-refractivity contribution in [2.45, 2.75) is 19.8 Å². The Hall–Kier alpha value is -0.470. The normalized spacial score (nSPS) is 12.7. The molecule has 0 aliphatic heterocycles. The molecule has 0 amide bonds. The molecule has 0 heterocycles. The van der Waals surface area contributed by atoms with Gasteiger partial charge < -0.3 is 5.32 Å². The van der Waals surface area contributed by atoms with Crippen molar-refractivity contribution in [2.75, 3.05) is 25.6 Å². The van der Waals surface area contributed by atoms with Gasteiger partial charge in [-0.05, 0) is 56.8 Å². The van der Waals surface area contributed by atoms with Crippen LogP contribution in [0.2, 0.25) is 0 Å². The Morgan fingerprint density at radius 3 is 2.81 bits per heavy atom. The highest BCUT2D eigenvalue weighted by atomic mass is 32.2. The van der Waals surface area contributed by atoms with Crippen LogP contribution in [0.25, 0.3) is 0 Å². The Kier molecular flexibility index (Phi) is 6.58. The zero-order valence-electron chi connectivity index (χ0n) is 10.6. The van der Waals surface area contributed by atoms with Crippen molar-refractivity contribution in [3.05, 3.63) is 35.4 Å². The van der Waals surface area contributed by atoms with Crippen molar-refractivity contribution in [2.24, 2.45) is 5.92 Å². The lowest BCUT2D eigenvalue weighted by molar-refractivity contribution is 0.484. The first-order valence-electron chi connectivity index (χ1n) is 5.95.